The summed E-state index contributed by atoms with van der Waals surface area (Å²) in [6, 6.07) is 4.28. The molecule has 0 bridgehead atoms. The van der Waals surface area contributed by atoms with Gasteiger partial charge in [-0.05, 0) is 43.5 Å². The maximum absolute atomic E-state index is 5.85. The van der Waals surface area contributed by atoms with Gasteiger partial charge in [-0.3, -0.25) is 0 Å². The highest BCUT2D eigenvalue weighted by Gasteiger charge is 2.17. The molecule has 0 saturated carbocycles. The fourth-order valence-electron chi connectivity index (χ4n) is 1.42. The van der Waals surface area contributed by atoms with Crippen LogP contribution in [0.15, 0.2) is 12.1 Å². The van der Waals surface area contributed by atoms with Gasteiger partial charge in [0.1, 0.15) is 5.75 Å². The standard InChI is InChI=1S/C14H23NO/c1-10-6-12(3)13(7-11(10)2)16-9-14(4,5)8-15/h6-7H,8-9,15H2,1-5H3. The van der Waals surface area contributed by atoms with Crippen molar-refractivity contribution in [1.29, 1.82) is 0 Å². The number of rotatable bonds is 4. The Balaban J connectivity index is 2.79. The molecule has 0 aromatic heterocycles. The first-order valence-electron chi connectivity index (χ1n) is 5.76. The smallest absolute Gasteiger partial charge is 0.122 e. The number of aryl methyl sites for hydroxylation is 3. The average molecular weight is 221 g/mol. The van der Waals surface area contributed by atoms with Crippen LogP contribution in [0.25, 0.3) is 0 Å². The summed E-state index contributed by atoms with van der Waals surface area (Å²) in [5, 5.41) is 0. The van der Waals surface area contributed by atoms with Gasteiger partial charge in [-0.25, -0.2) is 0 Å². The van der Waals surface area contributed by atoms with E-state index in [-0.39, 0.29) is 5.41 Å². The van der Waals surface area contributed by atoms with Crippen molar-refractivity contribution < 1.29 is 4.74 Å². The molecule has 1 aromatic rings. The van der Waals surface area contributed by atoms with Crippen LogP contribution in [-0.4, -0.2) is 13.2 Å². The third-order valence-corrected chi connectivity index (χ3v) is 2.96. The summed E-state index contributed by atoms with van der Waals surface area (Å²) in [5.74, 6) is 0.977. The summed E-state index contributed by atoms with van der Waals surface area (Å²) in [5.41, 5.74) is 9.48. The summed E-state index contributed by atoms with van der Waals surface area (Å²) < 4.78 is 5.85. The van der Waals surface area contributed by atoms with Gasteiger partial charge in [0, 0.05) is 12.0 Å². The van der Waals surface area contributed by atoms with Gasteiger partial charge in [-0.15, -0.1) is 0 Å². The van der Waals surface area contributed by atoms with Gasteiger partial charge >= 0.3 is 0 Å². The highest BCUT2D eigenvalue weighted by atomic mass is 16.5. The van der Waals surface area contributed by atoms with Crippen LogP contribution in [0.2, 0.25) is 0 Å². The van der Waals surface area contributed by atoms with Crippen LogP contribution in [0.3, 0.4) is 0 Å². The molecule has 0 amide bonds. The monoisotopic (exact) mass is 221 g/mol. The lowest BCUT2D eigenvalue weighted by Gasteiger charge is -2.23. The average Bonchev–Trinajstić information content (AvgIpc) is 2.22. The number of ether oxygens (including phenoxy) is 1. The van der Waals surface area contributed by atoms with Crippen LogP contribution in [0.4, 0.5) is 0 Å². The molecule has 0 fully saturated rings. The van der Waals surface area contributed by atoms with Gasteiger partial charge in [0.2, 0.25) is 0 Å². The topological polar surface area (TPSA) is 35.2 Å². The van der Waals surface area contributed by atoms with Crippen molar-refractivity contribution in [2.45, 2.75) is 34.6 Å². The first kappa shape index (κ1) is 13.0. The van der Waals surface area contributed by atoms with Crippen molar-refractivity contribution in [2.75, 3.05) is 13.2 Å². The molecule has 16 heavy (non-hydrogen) atoms. The van der Waals surface area contributed by atoms with Crippen LogP contribution in [0.5, 0.6) is 5.75 Å². The van der Waals surface area contributed by atoms with Gasteiger partial charge in [-0.1, -0.05) is 19.9 Å². The van der Waals surface area contributed by atoms with E-state index in [1.165, 1.54) is 16.7 Å². The Morgan fingerprint density at radius 3 is 2.19 bits per heavy atom. The third-order valence-electron chi connectivity index (χ3n) is 2.96. The number of nitrogens with two attached hydrogens (primary N) is 1. The lowest BCUT2D eigenvalue weighted by atomic mass is 9.95. The van der Waals surface area contributed by atoms with Crippen molar-refractivity contribution in [3.63, 3.8) is 0 Å². The van der Waals surface area contributed by atoms with Gasteiger partial charge in [-0.2, -0.15) is 0 Å². The van der Waals surface area contributed by atoms with Crippen LogP contribution >= 0.6 is 0 Å². The maximum atomic E-state index is 5.85. The fourth-order valence-corrected chi connectivity index (χ4v) is 1.42. The summed E-state index contributed by atoms with van der Waals surface area (Å²) in [6.45, 7) is 11.8. The second kappa shape index (κ2) is 4.88. The van der Waals surface area contributed by atoms with Gasteiger partial charge in [0.25, 0.3) is 0 Å². The normalized spacial score (nSPS) is 11.6. The predicted octanol–water partition coefficient (Wildman–Crippen LogP) is 2.98. The number of hydrogen-bond donors (Lipinski definition) is 1. The minimum absolute atomic E-state index is 0.0330. The predicted molar refractivity (Wildman–Crippen MR) is 69.0 cm³/mol. The maximum Gasteiger partial charge on any atom is 0.122 e. The van der Waals surface area contributed by atoms with Crippen LogP contribution in [0, 0.1) is 26.2 Å². The molecule has 90 valence electrons. The summed E-state index contributed by atoms with van der Waals surface area (Å²) in [7, 11) is 0. The first-order chi connectivity index (χ1) is 7.35. The molecule has 1 aromatic carbocycles. The third kappa shape index (κ3) is 3.24. The van der Waals surface area contributed by atoms with Crippen molar-refractivity contribution in [1.82, 2.24) is 0 Å². The Morgan fingerprint density at radius 1 is 1.06 bits per heavy atom. The molecule has 0 saturated heterocycles. The highest BCUT2D eigenvalue weighted by Crippen LogP contribution is 2.24. The summed E-state index contributed by atoms with van der Waals surface area (Å²) in [4.78, 5) is 0. The van der Waals surface area contributed by atoms with Gasteiger partial charge in [0.15, 0.2) is 0 Å². The second-order valence-electron chi connectivity index (χ2n) is 5.36. The molecule has 2 heteroatoms. The zero-order valence-corrected chi connectivity index (χ0v) is 11.1. The molecule has 0 aliphatic rings. The van der Waals surface area contributed by atoms with E-state index >= 15 is 0 Å². The van der Waals surface area contributed by atoms with E-state index in [4.69, 9.17) is 10.5 Å². The molecular weight excluding hydrogens is 198 g/mol. The Morgan fingerprint density at radius 2 is 1.62 bits per heavy atom. The van der Waals surface area contributed by atoms with E-state index in [2.05, 4.69) is 46.8 Å². The molecule has 0 atom stereocenters. The molecule has 0 spiro atoms. The first-order valence-corrected chi connectivity index (χ1v) is 5.76. The molecule has 0 radical (unpaired) electrons. The molecule has 2 N–H and O–H groups in total. The molecule has 1 rings (SSSR count). The fraction of sp³-hybridized carbons (Fsp3) is 0.571. The molecule has 0 aliphatic heterocycles. The van der Waals surface area contributed by atoms with Crippen LogP contribution < -0.4 is 10.5 Å². The second-order valence-corrected chi connectivity index (χ2v) is 5.36. The number of hydrogen-bond acceptors (Lipinski definition) is 2. The number of benzene rings is 1. The lowest BCUT2D eigenvalue weighted by Crippen LogP contribution is -2.30. The van der Waals surface area contributed by atoms with E-state index in [9.17, 15) is 0 Å². The summed E-state index contributed by atoms with van der Waals surface area (Å²) >= 11 is 0. The molecule has 2 nitrogen and oxygen atoms in total. The quantitative estimate of drug-likeness (QED) is 0.848. The lowest BCUT2D eigenvalue weighted by molar-refractivity contribution is 0.186. The Kier molecular flexibility index (Phi) is 3.98. The van der Waals surface area contributed by atoms with E-state index in [0.717, 1.165) is 5.75 Å². The van der Waals surface area contributed by atoms with Gasteiger partial charge < -0.3 is 10.5 Å². The van der Waals surface area contributed by atoms with Crippen LogP contribution in [0.1, 0.15) is 30.5 Å². The molecule has 0 unspecified atom stereocenters. The Hall–Kier alpha value is -1.02. The minimum Gasteiger partial charge on any atom is -0.493 e. The van der Waals surface area contributed by atoms with Crippen molar-refractivity contribution in [2.24, 2.45) is 11.1 Å². The largest absolute Gasteiger partial charge is 0.493 e. The molecule has 0 heterocycles. The molecule has 0 aliphatic carbocycles. The van der Waals surface area contributed by atoms with E-state index in [0.29, 0.717) is 13.2 Å². The van der Waals surface area contributed by atoms with Crippen molar-refractivity contribution in [3.05, 3.63) is 28.8 Å². The van der Waals surface area contributed by atoms with Crippen molar-refractivity contribution >= 4 is 0 Å². The van der Waals surface area contributed by atoms with Crippen molar-refractivity contribution in [3.8, 4) is 5.75 Å². The SMILES string of the molecule is Cc1cc(C)c(OCC(C)(C)CN)cc1C. The summed E-state index contributed by atoms with van der Waals surface area (Å²) in [6.07, 6.45) is 0. The Labute approximate surface area is 98.8 Å². The minimum atomic E-state index is 0.0330. The van der Waals surface area contributed by atoms with Gasteiger partial charge in [0.05, 0.1) is 6.61 Å². The van der Waals surface area contributed by atoms with E-state index < -0.39 is 0 Å². The Bertz CT molecular complexity index is 369. The molecular formula is C14H23NO. The van der Waals surface area contributed by atoms with E-state index in [1.54, 1.807) is 0 Å². The zero-order valence-electron chi connectivity index (χ0n) is 11.1. The van der Waals surface area contributed by atoms with Crippen LogP contribution in [-0.2, 0) is 0 Å². The van der Waals surface area contributed by atoms with E-state index in [1.807, 2.05) is 0 Å². The highest BCUT2D eigenvalue weighted by molar-refractivity contribution is 5.40. The zero-order chi connectivity index (χ0) is 12.3.